The number of benzene rings is 2. The molecular formula is C24H27ClN4O2S. The van der Waals surface area contributed by atoms with Gasteiger partial charge in [-0.3, -0.25) is 9.36 Å². The minimum absolute atomic E-state index is 0.0941. The van der Waals surface area contributed by atoms with Crippen LogP contribution in [0.25, 0.3) is 0 Å². The summed E-state index contributed by atoms with van der Waals surface area (Å²) >= 11 is 7.24. The molecule has 6 nitrogen and oxygen atoms in total. The van der Waals surface area contributed by atoms with Gasteiger partial charge >= 0.3 is 0 Å². The summed E-state index contributed by atoms with van der Waals surface area (Å²) in [5.41, 5.74) is 2.07. The monoisotopic (exact) mass is 470 g/mol. The fraction of sp³-hybridized carbons (Fsp3) is 0.292. The van der Waals surface area contributed by atoms with Crippen molar-refractivity contribution < 1.29 is 9.53 Å². The maximum atomic E-state index is 12.4. The Hall–Kier alpha value is -2.77. The summed E-state index contributed by atoms with van der Waals surface area (Å²) in [4.78, 5) is 12.4. The Bertz CT molecular complexity index is 1020. The smallest absolute Gasteiger partial charge is 0.234 e. The van der Waals surface area contributed by atoms with Crippen LogP contribution in [0.3, 0.4) is 0 Å². The molecule has 8 heteroatoms. The molecule has 0 aliphatic rings. The van der Waals surface area contributed by atoms with Crippen LogP contribution < -0.4 is 10.1 Å². The number of aromatic nitrogens is 3. The molecule has 0 radical (unpaired) electrons. The molecule has 2 aromatic carbocycles. The van der Waals surface area contributed by atoms with E-state index in [0.29, 0.717) is 28.3 Å². The molecule has 0 bridgehead atoms. The number of anilines is 1. The first-order valence-electron chi connectivity index (χ1n) is 10.5. The third-order valence-electron chi connectivity index (χ3n) is 4.68. The summed E-state index contributed by atoms with van der Waals surface area (Å²) < 4.78 is 7.67. The number of amides is 1. The molecule has 3 aromatic rings. The van der Waals surface area contributed by atoms with E-state index in [1.165, 1.54) is 30.2 Å². The summed E-state index contributed by atoms with van der Waals surface area (Å²) in [7, 11) is 0. The topological polar surface area (TPSA) is 69.0 Å². The Morgan fingerprint density at radius 3 is 2.62 bits per heavy atom. The maximum absolute atomic E-state index is 12.4. The zero-order chi connectivity index (χ0) is 22.8. The summed E-state index contributed by atoms with van der Waals surface area (Å²) in [6.07, 6.45) is 5.16. The molecule has 1 amide bonds. The molecule has 1 N–H and O–H groups in total. The molecule has 0 aliphatic carbocycles. The van der Waals surface area contributed by atoms with E-state index in [0.717, 1.165) is 12.1 Å². The van der Waals surface area contributed by atoms with Gasteiger partial charge < -0.3 is 10.1 Å². The molecule has 1 aromatic heterocycles. The number of aryl methyl sites for hydroxylation is 1. The highest BCUT2D eigenvalue weighted by Crippen LogP contribution is 2.21. The number of nitrogens with one attached hydrogen (secondary N) is 1. The SMILES string of the molecule is C=CCn1c(COc2ccc(Cl)cc2)nnc1SCC(=O)Nc1ccc(CCCC)cc1. The lowest BCUT2D eigenvalue weighted by atomic mass is 10.1. The van der Waals surface area contributed by atoms with Gasteiger partial charge in [0.05, 0.1) is 5.75 Å². The summed E-state index contributed by atoms with van der Waals surface area (Å²) in [6.45, 7) is 6.75. The Morgan fingerprint density at radius 2 is 1.94 bits per heavy atom. The van der Waals surface area contributed by atoms with Crippen molar-refractivity contribution in [3.05, 3.63) is 77.6 Å². The number of halogens is 1. The van der Waals surface area contributed by atoms with Crippen molar-refractivity contribution >= 4 is 35.0 Å². The number of thioether (sulfide) groups is 1. The van der Waals surface area contributed by atoms with Crippen LogP contribution in [0, 0.1) is 0 Å². The molecule has 1 heterocycles. The Morgan fingerprint density at radius 1 is 1.19 bits per heavy atom. The third-order valence-corrected chi connectivity index (χ3v) is 5.89. The number of carbonyl (C=O) groups excluding carboxylic acids is 1. The van der Waals surface area contributed by atoms with Gasteiger partial charge in [0.2, 0.25) is 5.91 Å². The average molecular weight is 471 g/mol. The van der Waals surface area contributed by atoms with Crippen LogP contribution in [-0.2, 0) is 24.4 Å². The molecular weight excluding hydrogens is 444 g/mol. The second kappa shape index (κ2) is 12.3. The van der Waals surface area contributed by atoms with Crippen LogP contribution in [0.1, 0.15) is 31.2 Å². The van der Waals surface area contributed by atoms with E-state index in [2.05, 4.69) is 41.1 Å². The van der Waals surface area contributed by atoms with Crippen LogP contribution in [-0.4, -0.2) is 26.4 Å². The molecule has 0 saturated heterocycles. The van der Waals surface area contributed by atoms with E-state index in [-0.39, 0.29) is 18.3 Å². The summed E-state index contributed by atoms with van der Waals surface area (Å²) in [6, 6.07) is 15.1. The lowest BCUT2D eigenvalue weighted by molar-refractivity contribution is -0.113. The first-order valence-corrected chi connectivity index (χ1v) is 11.9. The van der Waals surface area contributed by atoms with E-state index in [9.17, 15) is 4.79 Å². The maximum Gasteiger partial charge on any atom is 0.234 e. The highest BCUT2D eigenvalue weighted by atomic mass is 35.5. The van der Waals surface area contributed by atoms with Crippen LogP contribution in [0.15, 0.2) is 66.3 Å². The van der Waals surface area contributed by atoms with Gasteiger partial charge in [0, 0.05) is 17.3 Å². The number of hydrogen-bond acceptors (Lipinski definition) is 5. The molecule has 168 valence electrons. The van der Waals surface area contributed by atoms with Crippen LogP contribution in [0.5, 0.6) is 5.75 Å². The fourth-order valence-electron chi connectivity index (χ4n) is 2.99. The van der Waals surface area contributed by atoms with Gasteiger partial charge in [-0.15, -0.1) is 16.8 Å². The van der Waals surface area contributed by atoms with Gasteiger partial charge in [-0.05, 0) is 54.8 Å². The Labute approximate surface area is 198 Å². The van der Waals surface area contributed by atoms with E-state index >= 15 is 0 Å². The highest BCUT2D eigenvalue weighted by molar-refractivity contribution is 7.99. The predicted octanol–water partition coefficient (Wildman–Crippen LogP) is 5.77. The Balaban J connectivity index is 1.55. The van der Waals surface area contributed by atoms with Crippen molar-refractivity contribution in [2.75, 3.05) is 11.1 Å². The lowest BCUT2D eigenvalue weighted by Gasteiger charge is -2.09. The second-order valence-electron chi connectivity index (χ2n) is 7.18. The molecule has 3 rings (SSSR count). The quantitative estimate of drug-likeness (QED) is 0.269. The molecule has 32 heavy (non-hydrogen) atoms. The number of unbranched alkanes of at least 4 members (excludes halogenated alkanes) is 1. The van der Waals surface area contributed by atoms with Crippen LogP contribution in [0.2, 0.25) is 5.02 Å². The molecule has 0 unspecified atom stereocenters. The summed E-state index contributed by atoms with van der Waals surface area (Å²) in [5, 5.41) is 12.7. The normalized spacial score (nSPS) is 10.7. The van der Waals surface area contributed by atoms with Crippen molar-refractivity contribution in [3.8, 4) is 5.75 Å². The zero-order valence-electron chi connectivity index (χ0n) is 18.1. The van der Waals surface area contributed by atoms with E-state index < -0.39 is 0 Å². The first kappa shape index (κ1) is 23.9. The van der Waals surface area contributed by atoms with Gasteiger partial charge in [0.25, 0.3) is 0 Å². The molecule has 0 spiro atoms. The van der Waals surface area contributed by atoms with Crippen molar-refractivity contribution in [2.24, 2.45) is 0 Å². The number of hydrogen-bond donors (Lipinski definition) is 1. The third kappa shape index (κ3) is 7.14. The minimum Gasteiger partial charge on any atom is -0.486 e. The van der Waals surface area contributed by atoms with Crippen molar-refractivity contribution in [1.82, 2.24) is 14.8 Å². The van der Waals surface area contributed by atoms with Gasteiger partial charge in [0.15, 0.2) is 11.0 Å². The van der Waals surface area contributed by atoms with Crippen molar-refractivity contribution in [3.63, 3.8) is 0 Å². The van der Waals surface area contributed by atoms with E-state index in [1.807, 2.05) is 16.7 Å². The Kier molecular flexibility index (Phi) is 9.19. The van der Waals surface area contributed by atoms with Gasteiger partial charge in [0.1, 0.15) is 12.4 Å². The zero-order valence-corrected chi connectivity index (χ0v) is 19.7. The fourth-order valence-corrected chi connectivity index (χ4v) is 3.88. The number of allylic oxidation sites excluding steroid dienone is 1. The highest BCUT2D eigenvalue weighted by Gasteiger charge is 2.14. The molecule has 0 aliphatic heterocycles. The number of ether oxygens (including phenoxy) is 1. The van der Waals surface area contributed by atoms with E-state index in [1.54, 1.807) is 30.3 Å². The molecule has 0 atom stereocenters. The average Bonchev–Trinajstić information content (AvgIpc) is 3.18. The standard InChI is InChI=1S/C24H27ClN4O2S/c1-3-5-6-18-7-11-20(12-8-18)26-23(30)17-32-24-28-27-22(29(24)15-4-2)16-31-21-13-9-19(25)10-14-21/h4,7-14H,2-3,5-6,15-17H2,1H3,(H,26,30). The second-order valence-corrected chi connectivity index (χ2v) is 8.56. The summed E-state index contributed by atoms with van der Waals surface area (Å²) in [5.74, 6) is 1.48. The van der Waals surface area contributed by atoms with E-state index in [4.69, 9.17) is 16.3 Å². The predicted molar refractivity (Wildman–Crippen MR) is 130 cm³/mol. The minimum atomic E-state index is -0.0941. The molecule has 0 saturated carbocycles. The lowest BCUT2D eigenvalue weighted by Crippen LogP contribution is -2.15. The molecule has 0 fully saturated rings. The van der Waals surface area contributed by atoms with Crippen LogP contribution in [0.4, 0.5) is 5.69 Å². The van der Waals surface area contributed by atoms with Crippen LogP contribution >= 0.6 is 23.4 Å². The first-order chi connectivity index (χ1) is 15.6. The van der Waals surface area contributed by atoms with Gasteiger partial charge in [-0.2, -0.15) is 0 Å². The van der Waals surface area contributed by atoms with Crippen molar-refractivity contribution in [2.45, 2.75) is 44.5 Å². The number of carbonyl (C=O) groups is 1. The van der Waals surface area contributed by atoms with Crippen molar-refractivity contribution in [1.29, 1.82) is 0 Å². The van der Waals surface area contributed by atoms with Gasteiger partial charge in [-0.25, -0.2) is 0 Å². The number of rotatable bonds is 12. The largest absolute Gasteiger partial charge is 0.486 e. The number of nitrogens with zero attached hydrogens (tertiary/aromatic N) is 3. The van der Waals surface area contributed by atoms with Gasteiger partial charge in [-0.1, -0.05) is 54.9 Å².